The summed E-state index contributed by atoms with van der Waals surface area (Å²) in [4.78, 5) is 4.36. The van der Waals surface area contributed by atoms with Gasteiger partial charge in [0.05, 0.1) is 11.9 Å². The molecule has 0 aliphatic heterocycles. The van der Waals surface area contributed by atoms with Crippen molar-refractivity contribution >= 4 is 15.9 Å². The fourth-order valence-electron chi connectivity index (χ4n) is 1.86. The molecule has 0 aliphatic carbocycles. The Labute approximate surface area is 132 Å². The predicted molar refractivity (Wildman–Crippen MR) is 85.1 cm³/mol. The quantitative estimate of drug-likeness (QED) is 0.807. The van der Waals surface area contributed by atoms with E-state index in [9.17, 15) is 4.39 Å². The van der Waals surface area contributed by atoms with Crippen LogP contribution in [0.5, 0.6) is 11.5 Å². The number of halogens is 2. The van der Waals surface area contributed by atoms with Crippen LogP contribution in [0.4, 0.5) is 4.39 Å². The van der Waals surface area contributed by atoms with Crippen LogP contribution in [0.15, 0.2) is 41.0 Å². The van der Waals surface area contributed by atoms with Crippen LogP contribution in [0.1, 0.15) is 32.0 Å². The number of benzene rings is 1. The van der Waals surface area contributed by atoms with E-state index < -0.39 is 5.82 Å². The van der Waals surface area contributed by atoms with E-state index in [4.69, 9.17) is 4.74 Å². The van der Waals surface area contributed by atoms with Crippen molar-refractivity contribution in [3.63, 3.8) is 0 Å². The molecular weight excluding hydrogens is 335 g/mol. The van der Waals surface area contributed by atoms with Gasteiger partial charge >= 0.3 is 0 Å². The van der Waals surface area contributed by atoms with Gasteiger partial charge in [-0.15, -0.1) is 0 Å². The van der Waals surface area contributed by atoms with Gasteiger partial charge in [0.2, 0.25) is 0 Å². The molecule has 0 aliphatic rings. The first-order valence-electron chi connectivity index (χ1n) is 6.92. The van der Waals surface area contributed by atoms with Crippen LogP contribution in [0.3, 0.4) is 0 Å². The van der Waals surface area contributed by atoms with Crippen molar-refractivity contribution in [1.29, 1.82) is 0 Å². The van der Waals surface area contributed by atoms with Gasteiger partial charge in [0.25, 0.3) is 0 Å². The van der Waals surface area contributed by atoms with Crippen LogP contribution >= 0.6 is 15.9 Å². The Hall–Kier alpha value is -1.46. The van der Waals surface area contributed by atoms with Gasteiger partial charge in [-0.25, -0.2) is 4.39 Å². The minimum absolute atomic E-state index is 0.177. The molecule has 1 unspecified atom stereocenters. The molecule has 5 heteroatoms. The van der Waals surface area contributed by atoms with Crippen molar-refractivity contribution < 1.29 is 9.13 Å². The monoisotopic (exact) mass is 352 g/mol. The molecule has 1 aromatic carbocycles. The van der Waals surface area contributed by atoms with E-state index in [1.807, 2.05) is 6.07 Å². The summed E-state index contributed by atoms with van der Waals surface area (Å²) in [6.07, 6.45) is 2.69. The first-order valence-corrected chi connectivity index (χ1v) is 7.71. The fourth-order valence-corrected chi connectivity index (χ4v) is 2.20. The smallest absolute Gasteiger partial charge is 0.165 e. The minimum atomic E-state index is -0.403. The third kappa shape index (κ3) is 4.51. The fraction of sp³-hybridized carbons (Fsp3) is 0.312. The zero-order valence-corrected chi connectivity index (χ0v) is 13.7. The van der Waals surface area contributed by atoms with E-state index in [0.29, 0.717) is 5.75 Å². The summed E-state index contributed by atoms with van der Waals surface area (Å²) in [5.74, 6) is 0.287. The van der Waals surface area contributed by atoms with Crippen LogP contribution in [-0.4, -0.2) is 11.5 Å². The lowest BCUT2D eigenvalue weighted by Crippen LogP contribution is -2.20. The van der Waals surface area contributed by atoms with Gasteiger partial charge in [0, 0.05) is 10.5 Å². The maximum atomic E-state index is 13.6. The Bertz CT molecular complexity index is 589. The molecule has 0 amide bonds. The van der Waals surface area contributed by atoms with Crippen LogP contribution in [-0.2, 0) is 0 Å². The lowest BCUT2D eigenvalue weighted by molar-refractivity contribution is 0.439. The Balaban J connectivity index is 2.07. The second kappa shape index (κ2) is 7.52. The first-order chi connectivity index (χ1) is 10.1. The summed E-state index contributed by atoms with van der Waals surface area (Å²) in [5, 5.41) is 3.36. The molecule has 0 fully saturated rings. The molecule has 21 heavy (non-hydrogen) atoms. The van der Waals surface area contributed by atoms with Crippen molar-refractivity contribution in [3.05, 3.63) is 52.5 Å². The molecule has 1 heterocycles. The van der Waals surface area contributed by atoms with Crippen molar-refractivity contribution in [1.82, 2.24) is 10.3 Å². The van der Waals surface area contributed by atoms with Gasteiger partial charge in [-0.3, -0.25) is 4.98 Å². The average molecular weight is 353 g/mol. The molecule has 0 radical (unpaired) electrons. The summed E-state index contributed by atoms with van der Waals surface area (Å²) in [7, 11) is 0. The topological polar surface area (TPSA) is 34.1 Å². The average Bonchev–Trinajstić information content (AvgIpc) is 2.49. The summed E-state index contributed by atoms with van der Waals surface area (Å²) in [6, 6.07) is 8.45. The van der Waals surface area contributed by atoms with Gasteiger partial charge in [-0.2, -0.15) is 0 Å². The van der Waals surface area contributed by atoms with E-state index in [2.05, 4.69) is 40.1 Å². The van der Waals surface area contributed by atoms with Crippen molar-refractivity contribution in [2.45, 2.75) is 26.3 Å². The third-order valence-electron chi connectivity index (χ3n) is 3.02. The van der Waals surface area contributed by atoms with Crippen LogP contribution < -0.4 is 10.1 Å². The maximum absolute atomic E-state index is 13.6. The Morgan fingerprint density at radius 1 is 1.33 bits per heavy atom. The zero-order valence-electron chi connectivity index (χ0n) is 12.1. The highest BCUT2D eigenvalue weighted by atomic mass is 79.9. The highest BCUT2D eigenvalue weighted by Gasteiger charge is 2.08. The van der Waals surface area contributed by atoms with Gasteiger partial charge in [0.1, 0.15) is 5.75 Å². The molecule has 1 N–H and O–H groups in total. The normalized spacial score (nSPS) is 12.2. The molecule has 2 aromatic rings. The maximum Gasteiger partial charge on any atom is 0.165 e. The van der Waals surface area contributed by atoms with Crippen LogP contribution in [0.2, 0.25) is 0 Å². The Morgan fingerprint density at radius 2 is 2.14 bits per heavy atom. The second-order valence-corrected chi connectivity index (χ2v) is 5.69. The third-order valence-corrected chi connectivity index (χ3v) is 3.52. The molecule has 0 saturated heterocycles. The largest absolute Gasteiger partial charge is 0.453 e. The number of rotatable bonds is 6. The molecule has 1 aromatic heterocycles. The van der Waals surface area contributed by atoms with Gasteiger partial charge in [-0.1, -0.05) is 22.9 Å². The highest BCUT2D eigenvalue weighted by molar-refractivity contribution is 9.10. The number of hydrogen-bond acceptors (Lipinski definition) is 3. The van der Waals surface area contributed by atoms with Crippen molar-refractivity contribution in [2.24, 2.45) is 0 Å². The number of pyridine rings is 1. The number of aromatic nitrogens is 1. The Morgan fingerprint density at radius 3 is 2.81 bits per heavy atom. The molecule has 3 nitrogen and oxygen atoms in total. The molecule has 112 valence electrons. The van der Waals surface area contributed by atoms with E-state index in [-0.39, 0.29) is 11.8 Å². The molecule has 0 saturated carbocycles. The second-order valence-electron chi connectivity index (χ2n) is 4.77. The van der Waals surface area contributed by atoms with Gasteiger partial charge in [-0.05, 0) is 50.2 Å². The van der Waals surface area contributed by atoms with E-state index in [0.717, 1.165) is 23.1 Å². The Kier molecular flexibility index (Phi) is 5.70. The molecule has 0 bridgehead atoms. The van der Waals surface area contributed by atoms with Crippen molar-refractivity contribution in [2.75, 3.05) is 6.54 Å². The standard InChI is InChI=1S/C16H18BrFN2O/c1-3-8-19-11(2)15-7-5-13(10-20-15)21-16-9-12(17)4-6-14(16)18/h4-7,9-11,19H,3,8H2,1-2H3. The summed E-state index contributed by atoms with van der Waals surface area (Å²) in [5.41, 5.74) is 0.936. The van der Waals surface area contributed by atoms with Crippen LogP contribution in [0, 0.1) is 5.82 Å². The highest BCUT2D eigenvalue weighted by Crippen LogP contribution is 2.27. The lowest BCUT2D eigenvalue weighted by Gasteiger charge is -2.13. The van der Waals surface area contributed by atoms with E-state index >= 15 is 0 Å². The van der Waals surface area contributed by atoms with Crippen LogP contribution in [0.25, 0.3) is 0 Å². The number of nitrogens with one attached hydrogen (secondary N) is 1. The van der Waals surface area contributed by atoms with Crippen molar-refractivity contribution in [3.8, 4) is 11.5 Å². The molecule has 2 rings (SSSR count). The number of ether oxygens (including phenoxy) is 1. The molecule has 1 atom stereocenters. The van der Waals surface area contributed by atoms with Gasteiger partial charge < -0.3 is 10.1 Å². The predicted octanol–water partition coefficient (Wildman–Crippen LogP) is 4.84. The van der Waals surface area contributed by atoms with Gasteiger partial charge in [0.15, 0.2) is 11.6 Å². The molecule has 0 spiro atoms. The number of hydrogen-bond donors (Lipinski definition) is 1. The number of nitrogens with zero attached hydrogens (tertiary/aromatic N) is 1. The van der Waals surface area contributed by atoms with E-state index in [1.165, 1.54) is 6.07 Å². The summed E-state index contributed by atoms with van der Waals surface area (Å²) < 4.78 is 19.9. The lowest BCUT2D eigenvalue weighted by atomic mass is 10.2. The zero-order chi connectivity index (χ0) is 15.2. The van der Waals surface area contributed by atoms with E-state index in [1.54, 1.807) is 24.4 Å². The molecular formula is C16H18BrFN2O. The summed E-state index contributed by atoms with van der Waals surface area (Å²) in [6.45, 7) is 5.13. The summed E-state index contributed by atoms with van der Waals surface area (Å²) >= 11 is 3.29. The first kappa shape index (κ1) is 15.9. The minimum Gasteiger partial charge on any atom is -0.453 e. The SMILES string of the molecule is CCCNC(C)c1ccc(Oc2cc(Br)ccc2F)cn1.